The minimum Gasteiger partial charge on any atom is -0.375 e. The molecular formula is C16H15ClN2O2S. The van der Waals surface area contributed by atoms with Crippen LogP contribution in [0.1, 0.15) is 22.9 Å². The zero-order valence-electron chi connectivity index (χ0n) is 12.0. The number of amides is 1. The Morgan fingerprint density at radius 2 is 2.18 bits per heavy atom. The number of hydrogen-bond donors (Lipinski definition) is 0. The Kier molecular flexibility index (Phi) is 4.57. The molecule has 2 heterocycles. The average molecular weight is 335 g/mol. The van der Waals surface area contributed by atoms with Crippen LogP contribution in [-0.4, -0.2) is 30.3 Å². The van der Waals surface area contributed by atoms with Crippen molar-refractivity contribution in [3.63, 3.8) is 0 Å². The van der Waals surface area contributed by atoms with E-state index in [0.717, 1.165) is 16.2 Å². The Hall–Kier alpha value is -1.69. The molecule has 1 aromatic heterocycles. The Bertz CT molecular complexity index is 683. The van der Waals surface area contributed by atoms with Crippen LogP contribution in [0.2, 0.25) is 5.02 Å². The first-order valence-corrected chi connectivity index (χ1v) is 8.12. The highest BCUT2D eigenvalue weighted by Gasteiger charge is 2.33. The van der Waals surface area contributed by atoms with Gasteiger partial charge in [0, 0.05) is 23.4 Å². The summed E-state index contributed by atoms with van der Waals surface area (Å²) >= 11 is 7.56. The van der Waals surface area contributed by atoms with Gasteiger partial charge in [0.2, 0.25) is 0 Å². The molecule has 0 saturated carbocycles. The van der Waals surface area contributed by atoms with E-state index in [0.29, 0.717) is 11.4 Å². The molecule has 6 heteroatoms. The van der Waals surface area contributed by atoms with E-state index in [2.05, 4.69) is 5.10 Å². The highest BCUT2D eigenvalue weighted by molar-refractivity contribution is 7.10. The SMILES string of the molecule is COCC(=O)N1N=C(c2ccc(Cl)cc2)CC1c1cccs1. The number of benzene rings is 1. The number of carbonyl (C=O) groups excluding carboxylic acids is 1. The third-order valence-electron chi connectivity index (χ3n) is 3.48. The van der Waals surface area contributed by atoms with E-state index in [9.17, 15) is 4.79 Å². The summed E-state index contributed by atoms with van der Waals surface area (Å²) in [5, 5.41) is 8.76. The number of thiophene rings is 1. The molecule has 4 nitrogen and oxygen atoms in total. The van der Waals surface area contributed by atoms with Gasteiger partial charge in [-0.1, -0.05) is 29.8 Å². The number of nitrogens with zero attached hydrogens (tertiary/aromatic N) is 2. The van der Waals surface area contributed by atoms with Crippen molar-refractivity contribution < 1.29 is 9.53 Å². The van der Waals surface area contributed by atoms with Crippen molar-refractivity contribution in [3.05, 3.63) is 57.2 Å². The Morgan fingerprint density at radius 3 is 2.82 bits per heavy atom. The van der Waals surface area contributed by atoms with Gasteiger partial charge in [0.15, 0.2) is 0 Å². The summed E-state index contributed by atoms with van der Waals surface area (Å²) in [5.74, 6) is -0.134. The largest absolute Gasteiger partial charge is 0.375 e. The highest BCUT2D eigenvalue weighted by Crippen LogP contribution is 2.35. The van der Waals surface area contributed by atoms with Crippen molar-refractivity contribution in [1.29, 1.82) is 0 Å². The van der Waals surface area contributed by atoms with Crippen molar-refractivity contribution in [3.8, 4) is 0 Å². The van der Waals surface area contributed by atoms with Crippen LogP contribution in [-0.2, 0) is 9.53 Å². The van der Waals surface area contributed by atoms with Gasteiger partial charge in [0.25, 0.3) is 5.91 Å². The molecule has 0 radical (unpaired) electrons. The van der Waals surface area contributed by atoms with Gasteiger partial charge in [-0.3, -0.25) is 4.79 Å². The van der Waals surface area contributed by atoms with Gasteiger partial charge in [-0.2, -0.15) is 5.10 Å². The van der Waals surface area contributed by atoms with Gasteiger partial charge in [-0.15, -0.1) is 11.3 Å². The second kappa shape index (κ2) is 6.60. The van der Waals surface area contributed by atoms with Crippen LogP contribution < -0.4 is 0 Å². The summed E-state index contributed by atoms with van der Waals surface area (Å²) < 4.78 is 4.96. The van der Waals surface area contributed by atoms with Crippen LogP contribution in [0.15, 0.2) is 46.9 Å². The van der Waals surface area contributed by atoms with Crippen molar-refractivity contribution in [2.24, 2.45) is 5.10 Å². The summed E-state index contributed by atoms with van der Waals surface area (Å²) in [6.45, 7) is 0.0271. The third-order valence-corrected chi connectivity index (χ3v) is 4.71. The minimum atomic E-state index is -0.134. The molecule has 1 unspecified atom stereocenters. The molecule has 3 rings (SSSR count). The van der Waals surface area contributed by atoms with Gasteiger partial charge in [-0.05, 0) is 29.1 Å². The van der Waals surface area contributed by atoms with Crippen LogP contribution in [0.4, 0.5) is 0 Å². The Labute approximate surface area is 138 Å². The number of ether oxygens (including phenoxy) is 1. The zero-order valence-corrected chi connectivity index (χ0v) is 13.6. The van der Waals surface area contributed by atoms with E-state index in [1.165, 1.54) is 7.11 Å². The van der Waals surface area contributed by atoms with Gasteiger partial charge >= 0.3 is 0 Å². The second-order valence-corrected chi connectivity index (χ2v) is 6.38. The molecule has 0 N–H and O–H groups in total. The zero-order chi connectivity index (χ0) is 15.5. The fraction of sp³-hybridized carbons (Fsp3) is 0.250. The Morgan fingerprint density at radius 1 is 1.41 bits per heavy atom. The molecule has 1 aromatic carbocycles. The van der Waals surface area contributed by atoms with Crippen LogP contribution in [0.25, 0.3) is 0 Å². The van der Waals surface area contributed by atoms with Crippen LogP contribution in [0, 0.1) is 0 Å². The summed E-state index contributed by atoms with van der Waals surface area (Å²) in [6.07, 6.45) is 0.692. The fourth-order valence-electron chi connectivity index (χ4n) is 2.45. The minimum absolute atomic E-state index is 0.0271. The maximum absolute atomic E-state index is 12.3. The van der Waals surface area contributed by atoms with Gasteiger partial charge in [0.1, 0.15) is 6.61 Å². The second-order valence-electron chi connectivity index (χ2n) is 4.96. The first kappa shape index (κ1) is 15.2. The van der Waals surface area contributed by atoms with Gasteiger partial charge < -0.3 is 4.74 Å². The maximum Gasteiger partial charge on any atom is 0.269 e. The van der Waals surface area contributed by atoms with E-state index >= 15 is 0 Å². The molecule has 0 bridgehead atoms. The van der Waals surface area contributed by atoms with Crippen LogP contribution in [0.5, 0.6) is 0 Å². The molecule has 1 atom stereocenters. The number of halogens is 1. The van der Waals surface area contributed by atoms with E-state index in [1.807, 2.05) is 41.8 Å². The predicted molar refractivity (Wildman–Crippen MR) is 88.4 cm³/mol. The molecular weight excluding hydrogens is 320 g/mol. The number of carbonyl (C=O) groups is 1. The number of hydrazone groups is 1. The Balaban J connectivity index is 1.91. The number of rotatable bonds is 4. The molecule has 0 fully saturated rings. The third kappa shape index (κ3) is 3.06. The van der Waals surface area contributed by atoms with E-state index in [-0.39, 0.29) is 18.6 Å². The molecule has 2 aromatic rings. The van der Waals surface area contributed by atoms with Crippen LogP contribution in [0.3, 0.4) is 0 Å². The predicted octanol–water partition coefficient (Wildman–Crippen LogP) is 3.73. The summed E-state index contributed by atoms with van der Waals surface area (Å²) in [4.78, 5) is 13.4. The molecule has 22 heavy (non-hydrogen) atoms. The molecule has 0 aliphatic carbocycles. The standard InChI is InChI=1S/C16H15ClN2O2S/c1-21-10-16(20)19-14(15-3-2-8-22-15)9-13(18-19)11-4-6-12(17)7-5-11/h2-8,14H,9-10H2,1H3. The summed E-state index contributed by atoms with van der Waals surface area (Å²) in [7, 11) is 1.51. The topological polar surface area (TPSA) is 41.9 Å². The maximum atomic E-state index is 12.3. The molecule has 1 aliphatic heterocycles. The van der Waals surface area contributed by atoms with Gasteiger partial charge in [-0.25, -0.2) is 5.01 Å². The lowest BCUT2D eigenvalue weighted by Gasteiger charge is -2.20. The monoisotopic (exact) mass is 334 g/mol. The highest BCUT2D eigenvalue weighted by atomic mass is 35.5. The van der Waals surface area contributed by atoms with E-state index < -0.39 is 0 Å². The van der Waals surface area contributed by atoms with Crippen molar-refractivity contribution in [2.45, 2.75) is 12.5 Å². The lowest BCUT2D eigenvalue weighted by atomic mass is 10.0. The summed E-state index contributed by atoms with van der Waals surface area (Å²) in [5.41, 5.74) is 1.87. The van der Waals surface area contributed by atoms with Crippen molar-refractivity contribution in [2.75, 3.05) is 13.7 Å². The first-order valence-electron chi connectivity index (χ1n) is 6.87. The molecule has 114 valence electrons. The summed E-state index contributed by atoms with van der Waals surface area (Å²) in [6, 6.07) is 11.5. The number of methoxy groups -OCH3 is 1. The fourth-order valence-corrected chi connectivity index (χ4v) is 3.39. The van der Waals surface area contributed by atoms with E-state index in [1.54, 1.807) is 16.3 Å². The quantitative estimate of drug-likeness (QED) is 0.855. The molecule has 0 saturated heterocycles. The molecule has 1 aliphatic rings. The molecule has 0 spiro atoms. The van der Waals surface area contributed by atoms with Crippen molar-refractivity contribution in [1.82, 2.24) is 5.01 Å². The lowest BCUT2D eigenvalue weighted by molar-refractivity contribution is -0.136. The van der Waals surface area contributed by atoms with E-state index in [4.69, 9.17) is 16.3 Å². The van der Waals surface area contributed by atoms with Crippen LogP contribution >= 0.6 is 22.9 Å². The lowest BCUT2D eigenvalue weighted by Crippen LogP contribution is -2.29. The number of hydrogen-bond acceptors (Lipinski definition) is 4. The smallest absolute Gasteiger partial charge is 0.269 e. The normalized spacial score (nSPS) is 17.6. The first-order chi connectivity index (χ1) is 10.7. The molecule has 1 amide bonds. The average Bonchev–Trinajstić information content (AvgIpc) is 3.17. The van der Waals surface area contributed by atoms with Gasteiger partial charge in [0.05, 0.1) is 11.8 Å². The van der Waals surface area contributed by atoms with Crippen molar-refractivity contribution >= 4 is 34.6 Å².